The van der Waals surface area contributed by atoms with Crippen molar-refractivity contribution >= 4 is 28.6 Å². The van der Waals surface area contributed by atoms with Crippen LogP contribution in [0.15, 0.2) is 29.6 Å². The average Bonchev–Trinajstić information content (AvgIpc) is 3.02. The number of benzene rings is 1. The SMILES string of the molecule is N#Cc1cc([N+](=O)[O-])ccc1NC(=O)CN1CCc2sccc2C1. The molecule has 1 N–H and O–H groups in total. The van der Waals surface area contributed by atoms with E-state index in [1.165, 1.54) is 22.6 Å². The van der Waals surface area contributed by atoms with E-state index < -0.39 is 4.92 Å². The van der Waals surface area contributed by atoms with Crippen LogP contribution in [0, 0.1) is 21.4 Å². The summed E-state index contributed by atoms with van der Waals surface area (Å²) in [7, 11) is 0. The fourth-order valence-corrected chi connectivity index (χ4v) is 3.57. The third-order valence-corrected chi connectivity index (χ3v) is 4.89. The lowest BCUT2D eigenvalue weighted by atomic mass is 10.1. The number of amides is 1. The van der Waals surface area contributed by atoms with Gasteiger partial charge in [0.2, 0.25) is 5.91 Å². The summed E-state index contributed by atoms with van der Waals surface area (Å²) in [6.45, 7) is 1.76. The molecule has 7 nitrogen and oxygen atoms in total. The van der Waals surface area contributed by atoms with Crippen molar-refractivity contribution in [2.45, 2.75) is 13.0 Å². The summed E-state index contributed by atoms with van der Waals surface area (Å²) in [5.41, 5.74) is 1.45. The molecule has 2 aromatic rings. The van der Waals surface area contributed by atoms with Crippen LogP contribution in [0.2, 0.25) is 0 Å². The maximum Gasteiger partial charge on any atom is 0.270 e. The Morgan fingerprint density at radius 1 is 1.46 bits per heavy atom. The first-order valence-corrected chi connectivity index (χ1v) is 8.21. The molecule has 1 amide bonds. The number of hydrogen-bond acceptors (Lipinski definition) is 6. The summed E-state index contributed by atoms with van der Waals surface area (Å²) >= 11 is 1.74. The van der Waals surface area contributed by atoms with Crippen LogP contribution in [-0.2, 0) is 17.8 Å². The van der Waals surface area contributed by atoms with Gasteiger partial charge in [-0.2, -0.15) is 5.26 Å². The highest BCUT2D eigenvalue weighted by molar-refractivity contribution is 7.10. The molecule has 8 heteroatoms. The number of non-ortho nitro benzene ring substituents is 1. The minimum absolute atomic E-state index is 0.0799. The van der Waals surface area contributed by atoms with E-state index in [9.17, 15) is 14.9 Å². The maximum absolute atomic E-state index is 12.2. The number of hydrogen-bond donors (Lipinski definition) is 1. The van der Waals surface area contributed by atoms with Crippen LogP contribution in [0.4, 0.5) is 11.4 Å². The number of fused-ring (bicyclic) bond motifs is 1. The van der Waals surface area contributed by atoms with Gasteiger partial charge < -0.3 is 5.32 Å². The number of nitro benzene ring substituents is 1. The van der Waals surface area contributed by atoms with Crippen LogP contribution < -0.4 is 5.32 Å². The molecule has 2 heterocycles. The number of thiophene rings is 1. The molecule has 0 aliphatic carbocycles. The van der Waals surface area contributed by atoms with E-state index in [-0.39, 0.29) is 23.7 Å². The number of nitrogens with zero attached hydrogens (tertiary/aromatic N) is 3. The fraction of sp³-hybridized carbons (Fsp3) is 0.250. The van der Waals surface area contributed by atoms with Gasteiger partial charge in [0.25, 0.3) is 5.69 Å². The Kier molecular flexibility index (Phi) is 4.55. The second-order valence-electron chi connectivity index (χ2n) is 5.48. The van der Waals surface area contributed by atoms with Crippen LogP contribution in [0.5, 0.6) is 0 Å². The predicted molar refractivity (Wildman–Crippen MR) is 89.7 cm³/mol. The van der Waals surface area contributed by atoms with E-state index in [1.807, 2.05) is 11.0 Å². The number of anilines is 1. The second kappa shape index (κ2) is 6.78. The molecule has 0 unspecified atom stereocenters. The largest absolute Gasteiger partial charge is 0.324 e. The summed E-state index contributed by atoms with van der Waals surface area (Å²) in [6, 6.07) is 7.78. The summed E-state index contributed by atoms with van der Waals surface area (Å²) in [5, 5.41) is 24.6. The quantitative estimate of drug-likeness (QED) is 0.680. The van der Waals surface area contributed by atoms with Gasteiger partial charge in [-0.15, -0.1) is 11.3 Å². The standard InChI is InChI=1S/C16H14N4O3S/c17-8-12-7-13(20(22)23)1-2-14(12)18-16(21)10-19-5-3-15-11(9-19)4-6-24-15/h1-2,4,6-7H,3,5,9-10H2,(H,18,21). The highest BCUT2D eigenvalue weighted by atomic mass is 32.1. The van der Waals surface area contributed by atoms with Crippen molar-refractivity contribution in [3.63, 3.8) is 0 Å². The minimum Gasteiger partial charge on any atom is -0.324 e. The van der Waals surface area contributed by atoms with Gasteiger partial charge in [-0.1, -0.05) is 0 Å². The van der Waals surface area contributed by atoms with E-state index in [1.54, 1.807) is 11.3 Å². The molecule has 0 fully saturated rings. The molecule has 1 aromatic carbocycles. The first-order valence-electron chi connectivity index (χ1n) is 7.33. The third kappa shape index (κ3) is 3.42. The molecule has 0 bridgehead atoms. The van der Waals surface area contributed by atoms with Crippen molar-refractivity contribution in [2.75, 3.05) is 18.4 Å². The molecular weight excluding hydrogens is 328 g/mol. The topological polar surface area (TPSA) is 99.3 Å². The van der Waals surface area contributed by atoms with Crippen LogP contribution >= 0.6 is 11.3 Å². The van der Waals surface area contributed by atoms with Crippen molar-refractivity contribution < 1.29 is 9.72 Å². The number of carbonyl (C=O) groups is 1. The summed E-state index contributed by atoms with van der Waals surface area (Å²) in [5.74, 6) is -0.237. The van der Waals surface area contributed by atoms with Gasteiger partial charge in [-0.25, -0.2) is 0 Å². The van der Waals surface area contributed by atoms with Gasteiger partial charge in [0, 0.05) is 30.1 Å². The number of nitrogens with one attached hydrogen (secondary N) is 1. The molecule has 1 aromatic heterocycles. The van der Waals surface area contributed by atoms with Crippen molar-refractivity contribution in [3.8, 4) is 6.07 Å². The third-order valence-electron chi connectivity index (χ3n) is 3.86. The smallest absolute Gasteiger partial charge is 0.270 e. The lowest BCUT2D eigenvalue weighted by molar-refractivity contribution is -0.384. The van der Waals surface area contributed by atoms with Crippen LogP contribution in [0.1, 0.15) is 16.0 Å². The Hall–Kier alpha value is -2.76. The predicted octanol–water partition coefficient (Wildman–Crippen LogP) is 2.52. The summed E-state index contributed by atoms with van der Waals surface area (Å²) in [6.07, 6.45) is 0.932. The van der Waals surface area contributed by atoms with E-state index in [2.05, 4.69) is 16.8 Å². The molecule has 0 radical (unpaired) electrons. The monoisotopic (exact) mass is 342 g/mol. The zero-order valence-electron chi connectivity index (χ0n) is 12.7. The number of carbonyl (C=O) groups excluding carboxylic acids is 1. The number of nitro groups is 1. The minimum atomic E-state index is -0.571. The molecule has 0 saturated heterocycles. The lowest BCUT2D eigenvalue weighted by Gasteiger charge is -2.26. The Morgan fingerprint density at radius 2 is 2.29 bits per heavy atom. The van der Waals surface area contributed by atoms with Crippen molar-refractivity contribution in [1.82, 2.24) is 4.90 Å². The number of rotatable bonds is 4. The molecule has 0 saturated carbocycles. The average molecular weight is 342 g/mol. The van der Waals surface area contributed by atoms with Crippen molar-refractivity contribution in [3.05, 3.63) is 55.8 Å². The van der Waals surface area contributed by atoms with Gasteiger partial charge >= 0.3 is 0 Å². The van der Waals surface area contributed by atoms with Gasteiger partial charge in [0.05, 0.1) is 22.7 Å². The van der Waals surface area contributed by atoms with Gasteiger partial charge in [-0.3, -0.25) is 19.8 Å². The first kappa shape index (κ1) is 16.1. The Labute approximate surface area is 142 Å². The van der Waals surface area contributed by atoms with E-state index in [0.717, 1.165) is 25.6 Å². The maximum atomic E-state index is 12.2. The Bertz CT molecular complexity index is 840. The van der Waals surface area contributed by atoms with Gasteiger partial charge in [0.1, 0.15) is 6.07 Å². The van der Waals surface area contributed by atoms with Gasteiger partial charge in [0.15, 0.2) is 0 Å². The summed E-state index contributed by atoms with van der Waals surface area (Å²) < 4.78 is 0. The van der Waals surface area contributed by atoms with E-state index in [4.69, 9.17) is 5.26 Å². The highest BCUT2D eigenvalue weighted by Crippen LogP contribution is 2.24. The Morgan fingerprint density at radius 3 is 3.04 bits per heavy atom. The molecule has 1 aliphatic rings. The van der Waals surface area contributed by atoms with E-state index >= 15 is 0 Å². The molecule has 24 heavy (non-hydrogen) atoms. The van der Waals surface area contributed by atoms with Crippen LogP contribution in [-0.4, -0.2) is 28.8 Å². The number of nitriles is 1. The highest BCUT2D eigenvalue weighted by Gasteiger charge is 2.20. The second-order valence-corrected chi connectivity index (χ2v) is 6.48. The molecule has 1 aliphatic heterocycles. The summed E-state index contributed by atoms with van der Waals surface area (Å²) in [4.78, 5) is 25.8. The molecule has 0 spiro atoms. The van der Waals surface area contributed by atoms with E-state index in [0.29, 0.717) is 5.69 Å². The normalized spacial score (nSPS) is 13.8. The molecular formula is C16H14N4O3S. The van der Waals surface area contributed by atoms with Crippen molar-refractivity contribution in [2.24, 2.45) is 0 Å². The Balaban J connectivity index is 1.65. The zero-order valence-corrected chi connectivity index (χ0v) is 13.5. The van der Waals surface area contributed by atoms with Crippen LogP contribution in [0.3, 0.4) is 0 Å². The molecule has 0 atom stereocenters. The van der Waals surface area contributed by atoms with Gasteiger partial charge in [-0.05, 0) is 29.5 Å². The molecule has 3 rings (SSSR count). The zero-order chi connectivity index (χ0) is 17.1. The fourth-order valence-electron chi connectivity index (χ4n) is 2.68. The van der Waals surface area contributed by atoms with Crippen LogP contribution in [0.25, 0.3) is 0 Å². The first-order chi connectivity index (χ1) is 11.6. The van der Waals surface area contributed by atoms with Crippen molar-refractivity contribution in [1.29, 1.82) is 5.26 Å². The molecule has 122 valence electrons. The lowest BCUT2D eigenvalue weighted by Crippen LogP contribution is -2.36.